The molecule has 0 saturated heterocycles. The van der Waals surface area contributed by atoms with Crippen molar-refractivity contribution in [2.45, 2.75) is 38.3 Å². The van der Waals surface area contributed by atoms with Gasteiger partial charge in [-0.2, -0.15) is 5.26 Å². The Kier molecular flexibility index (Phi) is 3.90. The summed E-state index contributed by atoms with van der Waals surface area (Å²) >= 11 is 0. The lowest BCUT2D eigenvalue weighted by molar-refractivity contribution is 0.330. The molecule has 0 spiro atoms. The van der Waals surface area contributed by atoms with E-state index in [9.17, 15) is 0 Å². The Morgan fingerprint density at radius 3 is 2.75 bits per heavy atom. The summed E-state index contributed by atoms with van der Waals surface area (Å²) in [6.07, 6.45) is 6.13. The van der Waals surface area contributed by atoms with E-state index in [2.05, 4.69) is 16.4 Å². The maximum absolute atomic E-state index is 8.80. The van der Waals surface area contributed by atoms with Crippen LogP contribution in [0.1, 0.15) is 31.4 Å². The number of rotatable bonds is 3. The van der Waals surface area contributed by atoms with Crippen molar-refractivity contribution >= 4 is 0 Å². The summed E-state index contributed by atoms with van der Waals surface area (Å²) in [7, 11) is 0. The molecule has 1 aliphatic rings. The lowest BCUT2D eigenvalue weighted by Gasteiger charge is -2.25. The molecular formula is C13H17N3. The summed E-state index contributed by atoms with van der Waals surface area (Å²) in [5.74, 6) is 0.285. The van der Waals surface area contributed by atoms with Gasteiger partial charge >= 0.3 is 0 Å². The van der Waals surface area contributed by atoms with E-state index in [0.29, 0.717) is 6.04 Å². The van der Waals surface area contributed by atoms with Gasteiger partial charge in [0.05, 0.1) is 11.8 Å². The molecule has 1 aromatic heterocycles. The molecule has 0 radical (unpaired) electrons. The summed E-state index contributed by atoms with van der Waals surface area (Å²) in [6.45, 7) is 0.836. The molecule has 1 N–H and O–H groups in total. The number of aromatic nitrogens is 1. The third kappa shape index (κ3) is 3.04. The monoisotopic (exact) mass is 215 g/mol. The average molecular weight is 215 g/mol. The van der Waals surface area contributed by atoms with Gasteiger partial charge in [0.2, 0.25) is 0 Å². The molecule has 16 heavy (non-hydrogen) atoms. The first-order valence-corrected chi connectivity index (χ1v) is 5.91. The molecule has 1 aromatic rings. The second-order valence-corrected chi connectivity index (χ2v) is 4.38. The van der Waals surface area contributed by atoms with Crippen LogP contribution in [0.5, 0.6) is 0 Å². The number of hydrogen-bond donors (Lipinski definition) is 1. The van der Waals surface area contributed by atoms with Gasteiger partial charge in [-0.3, -0.25) is 4.98 Å². The predicted octanol–water partition coefficient (Wildman–Crippen LogP) is 2.25. The first-order valence-electron chi connectivity index (χ1n) is 5.91. The first kappa shape index (κ1) is 11.1. The summed E-state index contributed by atoms with van der Waals surface area (Å²) in [6, 6.07) is 8.90. The summed E-state index contributed by atoms with van der Waals surface area (Å²) in [5, 5.41) is 12.3. The lowest BCUT2D eigenvalue weighted by Crippen LogP contribution is -2.32. The topological polar surface area (TPSA) is 48.7 Å². The largest absolute Gasteiger partial charge is 0.308 e. The Morgan fingerprint density at radius 2 is 2.12 bits per heavy atom. The zero-order chi connectivity index (χ0) is 11.2. The molecule has 1 fully saturated rings. The Hall–Kier alpha value is -1.40. The predicted molar refractivity (Wildman–Crippen MR) is 62.4 cm³/mol. The van der Waals surface area contributed by atoms with Crippen LogP contribution in [0.25, 0.3) is 0 Å². The van der Waals surface area contributed by atoms with E-state index >= 15 is 0 Å². The highest BCUT2D eigenvalue weighted by molar-refractivity contribution is 5.03. The number of nitriles is 1. The van der Waals surface area contributed by atoms with E-state index in [4.69, 9.17) is 5.26 Å². The van der Waals surface area contributed by atoms with Gasteiger partial charge in [-0.25, -0.2) is 0 Å². The van der Waals surface area contributed by atoms with Crippen molar-refractivity contribution in [3.63, 3.8) is 0 Å². The Balaban J connectivity index is 1.74. The molecule has 1 heterocycles. The van der Waals surface area contributed by atoms with Gasteiger partial charge in [0, 0.05) is 24.7 Å². The second kappa shape index (κ2) is 5.62. The Bertz CT molecular complexity index is 347. The molecule has 0 atom stereocenters. The Labute approximate surface area is 96.5 Å². The van der Waals surface area contributed by atoms with E-state index in [1.807, 2.05) is 24.4 Å². The van der Waals surface area contributed by atoms with E-state index in [1.165, 1.54) is 0 Å². The molecule has 0 aromatic carbocycles. The Morgan fingerprint density at radius 1 is 1.31 bits per heavy atom. The van der Waals surface area contributed by atoms with Crippen LogP contribution >= 0.6 is 0 Å². The highest BCUT2D eigenvalue weighted by atomic mass is 14.9. The normalized spacial score (nSPS) is 24.9. The SMILES string of the molecule is N#CC1CCC(NCc2ccccn2)CC1. The number of nitrogens with one attached hydrogen (secondary N) is 1. The maximum atomic E-state index is 8.80. The van der Waals surface area contributed by atoms with Crippen molar-refractivity contribution in [1.29, 1.82) is 5.26 Å². The maximum Gasteiger partial charge on any atom is 0.0655 e. The molecule has 3 heteroatoms. The zero-order valence-electron chi connectivity index (χ0n) is 9.39. The van der Waals surface area contributed by atoms with Gasteiger partial charge in [-0.15, -0.1) is 0 Å². The number of hydrogen-bond acceptors (Lipinski definition) is 3. The smallest absolute Gasteiger partial charge is 0.0655 e. The van der Waals surface area contributed by atoms with Gasteiger partial charge in [-0.1, -0.05) is 6.07 Å². The van der Waals surface area contributed by atoms with Gasteiger partial charge < -0.3 is 5.32 Å². The molecule has 0 aliphatic heterocycles. The first-order chi connectivity index (χ1) is 7.88. The van der Waals surface area contributed by atoms with Gasteiger partial charge in [-0.05, 0) is 37.8 Å². The fourth-order valence-corrected chi connectivity index (χ4v) is 2.18. The van der Waals surface area contributed by atoms with Crippen LogP contribution < -0.4 is 5.32 Å². The van der Waals surface area contributed by atoms with E-state index < -0.39 is 0 Å². The second-order valence-electron chi connectivity index (χ2n) is 4.38. The molecule has 0 bridgehead atoms. The van der Waals surface area contributed by atoms with E-state index in [1.54, 1.807) is 0 Å². The van der Waals surface area contributed by atoms with Crippen molar-refractivity contribution in [3.8, 4) is 6.07 Å². The quantitative estimate of drug-likeness (QED) is 0.841. The van der Waals surface area contributed by atoms with Gasteiger partial charge in [0.25, 0.3) is 0 Å². The van der Waals surface area contributed by atoms with Crippen molar-refractivity contribution in [2.75, 3.05) is 0 Å². The third-order valence-corrected chi connectivity index (χ3v) is 3.21. The lowest BCUT2D eigenvalue weighted by atomic mass is 9.87. The van der Waals surface area contributed by atoms with E-state index in [0.717, 1.165) is 37.9 Å². The minimum Gasteiger partial charge on any atom is -0.308 e. The standard InChI is InChI=1S/C13H17N3/c14-9-11-4-6-12(7-5-11)16-10-13-3-1-2-8-15-13/h1-3,8,11-12,16H,4-7,10H2. The zero-order valence-corrected chi connectivity index (χ0v) is 9.39. The van der Waals surface area contributed by atoms with Crippen LogP contribution in [-0.4, -0.2) is 11.0 Å². The highest BCUT2D eigenvalue weighted by Crippen LogP contribution is 2.23. The summed E-state index contributed by atoms with van der Waals surface area (Å²) < 4.78 is 0. The fourth-order valence-electron chi connectivity index (χ4n) is 2.18. The summed E-state index contributed by atoms with van der Waals surface area (Å²) in [5.41, 5.74) is 1.09. The average Bonchev–Trinajstić information content (AvgIpc) is 2.38. The molecule has 3 nitrogen and oxygen atoms in total. The van der Waals surface area contributed by atoms with Crippen LogP contribution in [0.3, 0.4) is 0 Å². The van der Waals surface area contributed by atoms with Gasteiger partial charge in [0.15, 0.2) is 0 Å². The third-order valence-electron chi connectivity index (χ3n) is 3.21. The molecule has 2 rings (SSSR count). The molecule has 0 amide bonds. The number of pyridine rings is 1. The van der Waals surface area contributed by atoms with Crippen molar-refractivity contribution in [1.82, 2.24) is 10.3 Å². The van der Waals surface area contributed by atoms with Crippen molar-refractivity contribution in [2.24, 2.45) is 5.92 Å². The molecular weight excluding hydrogens is 198 g/mol. The van der Waals surface area contributed by atoms with Crippen LogP contribution in [0.4, 0.5) is 0 Å². The minimum atomic E-state index is 0.285. The van der Waals surface area contributed by atoms with Crippen molar-refractivity contribution in [3.05, 3.63) is 30.1 Å². The van der Waals surface area contributed by atoms with Crippen molar-refractivity contribution < 1.29 is 0 Å². The van der Waals surface area contributed by atoms with Crippen LogP contribution in [0, 0.1) is 17.2 Å². The van der Waals surface area contributed by atoms with Crippen LogP contribution in [-0.2, 0) is 6.54 Å². The van der Waals surface area contributed by atoms with Gasteiger partial charge in [0.1, 0.15) is 0 Å². The van der Waals surface area contributed by atoms with E-state index in [-0.39, 0.29) is 5.92 Å². The highest BCUT2D eigenvalue weighted by Gasteiger charge is 2.20. The molecule has 84 valence electrons. The molecule has 0 unspecified atom stereocenters. The minimum absolute atomic E-state index is 0.285. The fraction of sp³-hybridized carbons (Fsp3) is 0.538. The molecule has 1 aliphatic carbocycles. The van der Waals surface area contributed by atoms with Crippen LogP contribution in [0.15, 0.2) is 24.4 Å². The van der Waals surface area contributed by atoms with Crippen LogP contribution in [0.2, 0.25) is 0 Å². The summed E-state index contributed by atoms with van der Waals surface area (Å²) in [4.78, 5) is 4.28. The molecule has 1 saturated carbocycles. The number of nitrogens with zero attached hydrogens (tertiary/aromatic N) is 2.